The van der Waals surface area contributed by atoms with E-state index in [1.54, 1.807) is 13.8 Å². The number of hydrogen-bond acceptors (Lipinski definition) is 5. The molecule has 1 aliphatic rings. The number of rotatable bonds is 9. The summed E-state index contributed by atoms with van der Waals surface area (Å²) >= 11 is 0. The summed E-state index contributed by atoms with van der Waals surface area (Å²) in [6, 6.07) is 29.6. The molecule has 3 aromatic rings. The predicted octanol–water partition coefficient (Wildman–Crippen LogP) is 5.30. The Hall–Kier alpha value is -3.26. The molecule has 0 aromatic heterocycles. The van der Waals surface area contributed by atoms with Crippen LogP contribution in [-0.4, -0.2) is 49.1 Å². The fourth-order valence-electron chi connectivity index (χ4n) is 5.82. The first-order valence-corrected chi connectivity index (χ1v) is 15.9. The number of benzene rings is 3. The van der Waals surface area contributed by atoms with Crippen molar-refractivity contribution in [2.24, 2.45) is 11.8 Å². The van der Waals surface area contributed by atoms with Gasteiger partial charge >= 0.3 is 6.09 Å². The van der Waals surface area contributed by atoms with E-state index < -0.39 is 44.5 Å². The molecule has 6 nitrogen and oxygen atoms in total. The lowest BCUT2D eigenvalue weighted by Crippen LogP contribution is -2.67. The lowest BCUT2D eigenvalue weighted by molar-refractivity contribution is -0.137. The minimum atomic E-state index is -2.79. The van der Waals surface area contributed by atoms with Gasteiger partial charge in [0.25, 0.3) is 8.32 Å². The first-order chi connectivity index (χ1) is 19.0. The van der Waals surface area contributed by atoms with Crippen molar-refractivity contribution in [2.75, 3.05) is 6.61 Å². The van der Waals surface area contributed by atoms with E-state index in [2.05, 4.69) is 45.0 Å². The average molecular weight is 560 g/mol. The first kappa shape index (κ1) is 29.7. The Morgan fingerprint density at radius 3 is 1.88 bits per heavy atom. The Morgan fingerprint density at radius 2 is 1.40 bits per heavy atom. The SMILES string of the molecule is C[C@@H]1[C@H](c2ccccc2)OC(=O)N1C(=O)[C@H](C)[C@@H](O)[C@@H](C)CO[Si](c1ccccc1)(c1ccccc1)C(C)(C)C. The molecule has 5 atom stereocenters. The van der Waals surface area contributed by atoms with E-state index in [1.165, 1.54) is 0 Å². The van der Waals surface area contributed by atoms with Crippen molar-refractivity contribution < 1.29 is 23.9 Å². The molecule has 0 radical (unpaired) electrons. The molecule has 0 aliphatic carbocycles. The lowest BCUT2D eigenvalue weighted by Gasteiger charge is -2.44. The molecule has 3 aromatic carbocycles. The number of carbonyl (C=O) groups excluding carboxylic acids is 2. The summed E-state index contributed by atoms with van der Waals surface area (Å²) in [5.74, 6) is -1.62. The second kappa shape index (κ2) is 12.1. The van der Waals surface area contributed by atoms with Crippen LogP contribution in [0.1, 0.15) is 53.2 Å². The standard InChI is InChI=1S/C33H41NO5Si/c1-23(22-38-40(33(4,5)6,27-18-12-8-13-19-27)28-20-14-9-15-21-28)29(35)24(2)31(36)34-25(3)30(39-32(34)37)26-16-10-7-11-17-26/h7-21,23-25,29-30,35H,22H2,1-6H3/t23-,24+,25+,29-,30+/m0/s1. The largest absolute Gasteiger partial charge is 0.439 e. The van der Waals surface area contributed by atoms with Crippen LogP contribution in [0.15, 0.2) is 91.0 Å². The number of imide groups is 1. The summed E-state index contributed by atoms with van der Waals surface area (Å²) in [6.07, 6.45) is -2.24. The van der Waals surface area contributed by atoms with Crippen LogP contribution < -0.4 is 10.4 Å². The molecule has 212 valence electrons. The van der Waals surface area contributed by atoms with Gasteiger partial charge in [-0.25, -0.2) is 9.69 Å². The van der Waals surface area contributed by atoms with E-state index in [0.29, 0.717) is 0 Å². The number of ether oxygens (including phenoxy) is 1. The van der Waals surface area contributed by atoms with Gasteiger partial charge in [-0.2, -0.15) is 0 Å². The third-order valence-electron chi connectivity index (χ3n) is 8.10. The van der Waals surface area contributed by atoms with E-state index in [0.717, 1.165) is 20.8 Å². The molecule has 0 unspecified atom stereocenters. The van der Waals surface area contributed by atoms with Gasteiger partial charge in [0.05, 0.1) is 18.1 Å². The normalized spacial score (nSPS) is 20.1. The van der Waals surface area contributed by atoms with E-state index in [1.807, 2.05) is 73.7 Å². The van der Waals surface area contributed by atoms with Crippen molar-refractivity contribution in [2.45, 2.75) is 64.8 Å². The third-order valence-corrected chi connectivity index (χ3v) is 13.1. The van der Waals surface area contributed by atoms with Gasteiger partial charge in [0.1, 0.15) is 6.10 Å². The molecule has 0 saturated carbocycles. The molecule has 40 heavy (non-hydrogen) atoms. The second-order valence-electron chi connectivity index (χ2n) is 11.9. The maximum Gasteiger partial charge on any atom is 0.417 e. The quantitative estimate of drug-likeness (QED) is 0.360. The fourth-order valence-corrected chi connectivity index (χ4v) is 10.5. The van der Waals surface area contributed by atoms with Crippen molar-refractivity contribution >= 4 is 30.7 Å². The van der Waals surface area contributed by atoms with E-state index in [-0.39, 0.29) is 17.6 Å². The minimum absolute atomic E-state index is 0.205. The topological polar surface area (TPSA) is 76.1 Å². The summed E-state index contributed by atoms with van der Waals surface area (Å²) in [7, 11) is -2.79. The molecule has 7 heteroatoms. The Labute approximate surface area is 239 Å². The van der Waals surface area contributed by atoms with Crippen molar-refractivity contribution in [3.63, 3.8) is 0 Å². The first-order valence-electron chi connectivity index (χ1n) is 14.0. The number of aliphatic hydroxyl groups is 1. The van der Waals surface area contributed by atoms with Crippen molar-refractivity contribution in [3.05, 3.63) is 96.6 Å². The van der Waals surface area contributed by atoms with Crippen LogP contribution in [-0.2, 0) is 14.0 Å². The van der Waals surface area contributed by atoms with Gasteiger partial charge in [-0.15, -0.1) is 0 Å². The van der Waals surface area contributed by atoms with Gasteiger partial charge in [0, 0.05) is 12.5 Å². The average Bonchev–Trinajstić information content (AvgIpc) is 3.26. The molecule has 1 fully saturated rings. The highest BCUT2D eigenvalue weighted by atomic mass is 28.4. The Balaban J connectivity index is 1.53. The van der Waals surface area contributed by atoms with Crippen LogP contribution in [0.2, 0.25) is 5.04 Å². The molecule has 4 rings (SSSR count). The maximum atomic E-state index is 13.5. The van der Waals surface area contributed by atoms with Gasteiger partial charge in [0.2, 0.25) is 5.91 Å². The number of hydrogen-bond donors (Lipinski definition) is 1. The minimum Gasteiger partial charge on any atom is -0.439 e. The van der Waals surface area contributed by atoms with Crippen molar-refractivity contribution in [1.29, 1.82) is 0 Å². The molecule has 2 amide bonds. The Bertz CT molecular complexity index is 1240. The van der Waals surface area contributed by atoms with Crippen LogP contribution in [0.3, 0.4) is 0 Å². The third kappa shape index (κ3) is 5.64. The molecule has 0 spiro atoms. The van der Waals surface area contributed by atoms with Crippen molar-refractivity contribution in [3.8, 4) is 0 Å². The number of amides is 2. The smallest absolute Gasteiger partial charge is 0.417 e. The molecule has 1 saturated heterocycles. The summed E-state index contributed by atoms with van der Waals surface area (Å²) in [6.45, 7) is 12.2. The van der Waals surface area contributed by atoms with Gasteiger partial charge in [-0.05, 0) is 27.9 Å². The lowest BCUT2D eigenvalue weighted by atomic mass is 9.92. The number of carbonyl (C=O) groups is 2. The Kier molecular flexibility index (Phi) is 8.98. The fraction of sp³-hybridized carbons (Fsp3) is 0.394. The number of nitrogens with zero attached hydrogens (tertiary/aromatic N) is 1. The van der Waals surface area contributed by atoms with Crippen LogP contribution in [0, 0.1) is 11.8 Å². The predicted molar refractivity (Wildman–Crippen MR) is 160 cm³/mol. The molecular formula is C33H41NO5Si. The Morgan fingerprint density at radius 1 is 0.925 bits per heavy atom. The molecule has 1 aliphatic heterocycles. The molecule has 0 bridgehead atoms. The van der Waals surface area contributed by atoms with Crippen molar-refractivity contribution in [1.82, 2.24) is 4.90 Å². The summed E-state index contributed by atoms with van der Waals surface area (Å²) in [5, 5.41) is 13.4. The van der Waals surface area contributed by atoms with E-state index in [9.17, 15) is 14.7 Å². The second-order valence-corrected chi connectivity index (χ2v) is 16.2. The monoisotopic (exact) mass is 559 g/mol. The van der Waals surface area contributed by atoms with Crippen LogP contribution >= 0.6 is 0 Å². The van der Waals surface area contributed by atoms with E-state index in [4.69, 9.17) is 9.16 Å². The van der Waals surface area contributed by atoms with Gasteiger partial charge in [0.15, 0.2) is 0 Å². The van der Waals surface area contributed by atoms with E-state index >= 15 is 0 Å². The van der Waals surface area contributed by atoms with Crippen LogP contribution in [0.25, 0.3) is 0 Å². The van der Waals surface area contributed by atoms with Crippen LogP contribution in [0.4, 0.5) is 4.79 Å². The molecule has 1 heterocycles. The highest BCUT2D eigenvalue weighted by molar-refractivity contribution is 6.99. The van der Waals surface area contributed by atoms with Gasteiger partial charge in [-0.1, -0.05) is 126 Å². The highest BCUT2D eigenvalue weighted by Gasteiger charge is 2.51. The zero-order chi connectivity index (χ0) is 29.1. The molecular weight excluding hydrogens is 518 g/mol. The van der Waals surface area contributed by atoms with Gasteiger partial charge in [-0.3, -0.25) is 4.79 Å². The number of aliphatic hydroxyl groups excluding tert-OH is 1. The summed E-state index contributed by atoms with van der Waals surface area (Å²) in [4.78, 5) is 27.4. The summed E-state index contributed by atoms with van der Waals surface area (Å²) in [5.41, 5.74) is 0.832. The zero-order valence-corrected chi connectivity index (χ0v) is 25.3. The highest BCUT2D eigenvalue weighted by Crippen LogP contribution is 2.38. The number of cyclic esters (lactones) is 1. The van der Waals surface area contributed by atoms with Gasteiger partial charge < -0.3 is 14.3 Å². The maximum absolute atomic E-state index is 13.5. The zero-order valence-electron chi connectivity index (χ0n) is 24.3. The van der Waals surface area contributed by atoms with Crippen LogP contribution in [0.5, 0.6) is 0 Å². The molecule has 1 N–H and O–H groups in total. The summed E-state index contributed by atoms with van der Waals surface area (Å²) < 4.78 is 12.6.